The van der Waals surface area contributed by atoms with Gasteiger partial charge in [0.15, 0.2) is 0 Å². The van der Waals surface area contributed by atoms with Crippen LogP contribution in [0.3, 0.4) is 0 Å². The fourth-order valence-corrected chi connectivity index (χ4v) is 3.86. The van der Waals surface area contributed by atoms with Crippen LogP contribution in [0, 0.1) is 6.92 Å². The Kier molecular flexibility index (Phi) is 3.92. The molecule has 5 nitrogen and oxygen atoms in total. The molecule has 2 N–H and O–H groups in total. The number of aryl methyl sites for hydroxylation is 1. The molecule has 1 saturated heterocycles. The number of hydrogen-bond acceptors (Lipinski definition) is 2. The van der Waals surface area contributed by atoms with Crippen molar-refractivity contribution in [1.29, 1.82) is 0 Å². The van der Waals surface area contributed by atoms with Crippen molar-refractivity contribution in [1.82, 2.24) is 19.9 Å². The summed E-state index contributed by atoms with van der Waals surface area (Å²) in [5, 5.41) is 1.10. The summed E-state index contributed by atoms with van der Waals surface area (Å²) in [5.41, 5.74) is 2.81. The highest BCUT2D eigenvalue weighted by atomic mass is 79.9. The Bertz CT molecular complexity index is 889. The lowest BCUT2D eigenvalue weighted by atomic mass is 9.95. The van der Waals surface area contributed by atoms with Crippen molar-refractivity contribution < 1.29 is 4.79 Å². The number of aromatic nitrogens is 3. The van der Waals surface area contributed by atoms with Crippen LogP contribution in [0.15, 0.2) is 35.1 Å². The molecule has 0 saturated carbocycles. The van der Waals surface area contributed by atoms with E-state index in [1.54, 1.807) is 0 Å². The highest BCUT2D eigenvalue weighted by Crippen LogP contribution is 2.28. The SMILES string of the molecule is Cc1cnc(C2CCN(C(=O)c3ccc4c(Br)c[nH]c4c3)CC2)[nH]1. The third-order valence-electron chi connectivity index (χ3n) is 4.77. The van der Waals surface area contributed by atoms with Crippen LogP contribution in [0.1, 0.15) is 40.6 Å². The molecule has 1 aromatic carbocycles. The van der Waals surface area contributed by atoms with Crippen molar-refractivity contribution in [2.24, 2.45) is 0 Å². The van der Waals surface area contributed by atoms with Gasteiger partial charge in [-0.1, -0.05) is 6.07 Å². The molecule has 4 rings (SSSR count). The largest absolute Gasteiger partial charge is 0.360 e. The summed E-state index contributed by atoms with van der Waals surface area (Å²) in [5.74, 6) is 1.58. The Morgan fingerprint density at radius 3 is 2.83 bits per heavy atom. The number of nitrogens with one attached hydrogen (secondary N) is 2. The van der Waals surface area contributed by atoms with Gasteiger partial charge >= 0.3 is 0 Å². The van der Waals surface area contributed by atoms with Gasteiger partial charge in [-0.25, -0.2) is 4.98 Å². The number of likely N-dealkylation sites (tertiary alicyclic amines) is 1. The first-order valence-corrected chi connectivity index (χ1v) is 8.98. The second kappa shape index (κ2) is 6.09. The molecule has 0 spiro atoms. The number of benzene rings is 1. The average molecular weight is 387 g/mol. The average Bonchev–Trinajstić information content (AvgIpc) is 3.20. The van der Waals surface area contributed by atoms with Gasteiger partial charge in [0, 0.05) is 58.0 Å². The van der Waals surface area contributed by atoms with Crippen molar-refractivity contribution in [3.8, 4) is 0 Å². The zero-order valence-corrected chi connectivity index (χ0v) is 15.1. The third kappa shape index (κ3) is 2.75. The van der Waals surface area contributed by atoms with Crippen LogP contribution in [0.4, 0.5) is 0 Å². The molecule has 0 bridgehead atoms. The summed E-state index contributed by atoms with van der Waals surface area (Å²) in [4.78, 5) is 25.7. The van der Waals surface area contributed by atoms with Crippen LogP contribution in [0.5, 0.6) is 0 Å². The number of halogens is 1. The maximum atomic E-state index is 12.8. The van der Waals surface area contributed by atoms with E-state index in [4.69, 9.17) is 0 Å². The Morgan fingerprint density at radius 2 is 2.12 bits per heavy atom. The number of aromatic amines is 2. The van der Waals surface area contributed by atoms with E-state index >= 15 is 0 Å². The third-order valence-corrected chi connectivity index (χ3v) is 5.43. The minimum absolute atomic E-state index is 0.108. The van der Waals surface area contributed by atoms with Gasteiger partial charge in [0.25, 0.3) is 5.91 Å². The number of imidazole rings is 1. The minimum atomic E-state index is 0.108. The Balaban J connectivity index is 1.47. The summed E-state index contributed by atoms with van der Waals surface area (Å²) >= 11 is 3.50. The lowest BCUT2D eigenvalue weighted by molar-refractivity contribution is 0.0711. The molecule has 0 atom stereocenters. The summed E-state index contributed by atoms with van der Waals surface area (Å²) in [6, 6.07) is 5.83. The summed E-state index contributed by atoms with van der Waals surface area (Å²) in [6.45, 7) is 3.57. The minimum Gasteiger partial charge on any atom is -0.360 e. The molecule has 1 amide bonds. The van der Waals surface area contributed by atoms with E-state index in [0.29, 0.717) is 5.92 Å². The van der Waals surface area contributed by atoms with E-state index in [1.807, 2.05) is 42.4 Å². The highest BCUT2D eigenvalue weighted by Gasteiger charge is 2.26. The number of carbonyl (C=O) groups excluding carboxylic acids is 1. The lowest BCUT2D eigenvalue weighted by Crippen LogP contribution is -2.38. The van der Waals surface area contributed by atoms with Crippen molar-refractivity contribution >= 4 is 32.7 Å². The summed E-state index contributed by atoms with van der Waals surface area (Å²) in [7, 11) is 0. The number of nitrogens with zero attached hydrogens (tertiary/aromatic N) is 2. The first-order valence-electron chi connectivity index (χ1n) is 8.19. The van der Waals surface area contributed by atoms with Gasteiger partial charge in [0.2, 0.25) is 0 Å². The van der Waals surface area contributed by atoms with E-state index in [9.17, 15) is 4.79 Å². The molecule has 0 aliphatic carbocycles. The standard InChI is InChI=1S/C18H19BrN4O/c1-11-9-21-17(22-11)12-4-6-23(7-5-12)18(24)13-2-3-14-15(19)10-20-16(14)8-13/h2-3,8-10,12,20H,4-7H2,1H3,(H,21,22). The molecule has 3 heterocycles. The van der Waals surface area contributed by atoms with Gasteiger partial charge < -0.3 is 14.9 Å². The summed E-state index contributed by atoms with van der Waals surface area (Å²) < 4.78 is 1.02. The quantitative estimate of drug-likeness (QED) is 0.699. The van der Waals surface area contributed by atoms with Crippen molar-refractivity contribution in [2.75, 3.05) is 13.1 Å². The monoisotopic (exact) mass is 386 g/mol. The Hall–Kier alpha value is -2.08. The molecule has 2 aromatic heterocycles. The van der Waals surface area contributed by atoms with Crippen LogP contribution >= 0.6 is 15.9 Å². The zero-order valence-electron chi connectivity index (χ0n) is 13.5. The molecule has 1 aliphatic rings. The van der Waals surface area contributed by atoms with Crippen LogP contribution in [-0.2, 0) is 0 Å². The van der Waals surface area contributed by atoms with E-state index < -0.39 is 0 Å². The fourth-order valence-electron chi connectivity index (χ4n) is 3.40. The molecular weight excluding hydrogens is 368 g/mol. The molecule has 1 aliphatic heterocycles. The Labute approximate surface area is 148 Å². The molecule has 0 radical (unpaired) electrons. The van der Waals surface area contributed by atoms with Crippen LogP contribution < -0.4 is 0 Å². The van der Waals surface area contributed by atoms with Gasteiger partial charge in [0.1, 0.15) is 5.82 Å². The van der Waals surface area contributed by atoms with Gasteiger partial charge in [-0.15, -0.1) is 0 Å². The van der Waals surface area contributed by atoms with E-state index in [2.05, 4.69) is 30.9 Å². The van der Waals surface area contributed by atoms with Crippen LogP contribution in [-0.4, -0.2) is 38.8 Å². The van der Waals surface area contributed by atoms with Gasteiger partial charge in [-0.05, 0) is 47.8 Å². The maximum Gasteiger partial charge on any atom is 0.253 e. The van der Waals surface area contributed by atoms with Crippen molar-refractivity contribution in [3.63, 3.8) is 0 Å². The smallest absolute Gasteiger partial charge is 0.253 e. The number of rotatable bonds is 2. The van der Waals surface area contributed by atoms with Crippen molar-refractivity contribution in [3.05, 3.63) is 52.1 Å². The van der Waals surface area contributed by atoms with E-state index in [-0.39, 0.29) is 5.91 Å². The first kappa shape index (κ1) is 15.4. The number of fused-ring (bicyclic) bond motifs is 1. The zero-order chi connectivity index (χ0) is 16.7. The topological polar surface area (TPSA) is 64.8 Å². The first-order chi connectivity index (χ1) is 11.6. The second-order valence-corrected chi connectivity index (χ2v) is 7.27. The van der Waals surface area contributed by atoms with Crippen molar-refractivity contribution in [2.45, 2.75) is 25.7 Å². The second-order valence-electron chi connectivity index (χ2n) is 6.41. The summed E-state index contributed by atoms with van der Waals surface area (Å²) in [6.07, 6.45) is 5.68. The number of H-pyrrole nitrogens is 2. The molecular formula is C18H19BrN4O. The Morgan fingerprint density at radius 1 is 1.33 bits per heavy atom. The number of carbonyl (C=O) groups is 1. The predicted molar refractivity (Wildman–Crippen MR) is 97.2 cm³/mol. The molecule has 3 aromatic rings. The highest BCUT2D eigenvalue weighted by molar-refractivity contribution is 9.10. The normalized spacial score (nSPS) is 16.0. The number of hydrogen-bond donors (Lipinski definition) is 2. The number of amides is 1. The molecule has 1 fully saturated rings. The maximum absolute atomic E-state index is 12.8. The van der Waals surface area contributed by atoms with Crippen LogP contribution in [0.2, 0.25) is 0 Å². The van der Waals surface area contributed by atoms with E-state index in [0.717, 1.165) is 58.4 Å². The fraction of sp³-hybridized carbons (Fsp3) is 0.333. The number of piperidine rings is 1. The molecule has 24 heavy (non-hydrogen) atoms. The van der Waals surface area contributed by atoms with E-state index in [1.165, 1.54) is 0 Å². The van der Waals surface area contributed by atoms with Gasteiger partial charge in [-0.3, -0.25) is 4.79 Å². The lowest BCUT2D eigenvalue weighted by Gasteiger charge is -2.31. The molecule has 0 unspecified atom stereocenters. The molecule has 124 valence electrons. The predicted octanol–water partition coefficient (Wildman–Crippen LogP) is 3.98. The van der Waals surface area contributed by atoms with Crippen LogP contribution in [0.25, 0.3) is 10.9 Å². The molecule has 6 heteroatoms. The van der Waals surface area contributed by atoms with Gasteiger partial charge in [0.05, 0.1) is 0 Å². The van der Waals surface area contributed by atoms with Gasteiger partial charge in [-0.2, -0.15) is 0 Å².